The summed E-state index contributed by atoms with van der Waals surface area (Å²) in [5.41, 5.74) is 8.05. The smallest absolute Gasteiger partial charge is 0.146 e. The van der Waals surface area contributed by atoms with Crippen LogP contribution in [0.1, 0.15) is 37.7 Å². The topological polar surface area (TPSA) is 72.5 Å². The van der Waals surface area contributed by atoms with Gasteiger partial charge in [0.2, 0.25) is 0 Å². The Balaban J connectivity index is 1.55. The Morgan fingerprint density at radius 1 is 1.32 bits per heavy atom. The summed E-state index contributed by atoms with van der Waals surface area (Å²) in [6, 6.07) is 8.05. The zero-order chi connectivity index (χ0) is 17.4. The number of benzene rings is 1. The van der Waals surface area contributed by atoms with E-state index in [9.17, 15) is 9.90 Å². The van der Waals surface area contributed by atoms with Crippen molar-refractivity contribution >= 4 is 11.5 Å². The first-order chi connectivity index (χ1) is 12.1. The lowest BCUT2D eigenvalue weighted by molar-refractivity contribution is -0.133. The first-order valence-electron chi connectivity index (χ1n) is 9.15. The number of hydrogen-bond acceptors (Lipinski definition) is 4. The van der Waals surface area contributed by atoms with Crippen LogP contribution in [0.15, 0.2) is 48.3 Å². The number of nitrogen functional groups attached to an aromatic ring is 1. The van der Waals surface area contributed by atoms with E-state index in [2.05, 4.69) is 6.07 Å². The Kier molecular flexibility index (Phi) is 4.16. The number of rotatable bonds is 3. The van der Waals surface area contributed by atoms with Crippen LogP contribution < -0.4 is 5.73 Å². The molecule has 3 atom stereocenters. The lowest BCUT2D eigenvalue weighted by Gasteiger charge is -2.38. The molecule has 1 aromatic carbocycles. The van der Waals surface area contributed by atoms with Crippen molar-refractivity contribution in [3.05, 3.63) is 53.8 Å². The van der Waals surface area contributed by atoms with Crippen molar-refractivity contribution in [1.29, 1.82) is 0 Å². The zero-order valence-corrected chi connectivity index (χ0v) is 14.4. The first kappa shape index (κ1) is 16.4. The molecule has 1 aromatic rings. The van der Waals surface area contributed by atoms with E-state index in [-0.39, 0.29) is 17.1 Å². The molecule has 0 spiro atoms. The number of Topliss-reactive ketones (excluding diaryl/α,β-unsaturated/α-hetero) is 1. The number of aliphatic hydroxyl groups is 1. The molecule has 1 aliphatic heterocycles. The summed E-state index contributed by atoms with van der Waals surface area (Å²) in [7, 11) is 0. The van der Waals surface area contributed by atoms with Crippen LogP contribution in [0, 0.1) is 11.8 Å². The summed E-state index contributed by atoms with van der Waals surface area (Å²) >= 11 is 0. The van der Waals surface area contributed by atoms with Crippen LogP contribution in [0.2, 0.25) is 0 Å². The average molecular weight is 339 g/mol. The average Bonchev–Trinajstić information content (AvgIpc) is 3.36. The van der Waals surface area contributed by atoms with E-state index in [1.807, 2.05) is 36.4 Å². The molecular formula is C21H25NO3. The maximum atomic E-state index is 12.5. The summed E-state index contributed by atoms with van der Waals surface area (Å²) < 4.78 is 5.91. The van der Waals surface area contributed by atoms with Crippen LogP contribution in [0.3, 0.4) is 0 Å². The fraction of sp³-hybridized carbons (Fsp3) is 0.476. The quantitative estimate of drug-likeness (QED) is 0.830. The van der Waals surface area contributed by atoms with Gasteiger partial charge in [-0.15, -0.1) is 0 Å². The summed E-state index contributed by atoms with van der Waals surface area (Å²) in [4.78, 5) is 12.5. The minimum Gasteiger partial charge on any atom is -0.497 e. The standard InChI is InChI=1S/C21H25NO3/c22-16-6-4-5-15(11-16)21(9-10-21)12-14-13-25-18-8-3-1-2-7-17(23)19(18)20(14)24/h1,3-6,8,11,14,19-20,24H,2,7,9-10,12-13,22H2. The van der Waals surface area contributed by atoms with Gasteiger partial charge in [0, 0.05) is 18.0 Å². The van der Waals surface area contributed by atoms with Crippen molar-refractivity contribution < 1.29 is 14.6 Å². The molecule has 25 heavy (non-hydrogen) atoms. The van der Waals surface area contributed by atoms with Gasteiger partial charge in [-0.2, -0.15) is 0 Å². The first-order valence-corrected chi connectivity index (χ1v) is 9.15. The normalized spacial score (nSPS) is 30.5. The minimum atomic E-state index is -0.669. The van der Waals surface area contributed by atoms with E-state index in [4.69, 9.17) is 10.5 Å². The molecule has 3 aliphatic rings. The monoisotopic (exact) mass is 339 g/mol. The lowest BCUT2D eigenvalue weighted by atomic mass is 9.76. The molecule has 0 aromatic heterocycles. The van der Waals surface area contributed by atoms with Gasteiger partial charge in [-0.3, -0.25) is 4.79 Å². The Labute approximate surface area is 148 Å². The number of carbonyl (C=O) groups excluding carboxylic acids is 1. The van der Waals surface area contributed by atoms with Crippen molar-refractivity contribution in [3.8, 4) is 0 Å². The van der Waals surface area contributed by atoms with Crippen LogP contribution in [0.4, 0.5) is 5.69 Å². The molecule has 3 unspecified atom stereocenters. The van der Waals surface area contributed by atoms with Crippen molar-refractivity contribution in [2.75, 3.05) is 12.3 Å². The van der Waals surface area contributed by atoms with Gasteiger partial charge >= 0.3 is 0 Å². The van der Waals surface area contributed by atoms with Crippen molar-refractivity contribution in [2.45, 2.75) is 43.6 Å². The van der Waals surface area contributed by atoms with Crippen molar-refractivity contribution in [1.82, 2.24) is 0 Å². The Morgan fingerprint density at radius 3 is 2.92 bits per heavy atom. The van der Waals surface area contributed by atoms with Gasteiger partial charge in [-0.25, -0.2) is 0 Å². The van der Waals surface area contributed by atoms with E-state index in [1.165, 1.54) is 5.56 Å². The number of carbonyl (C=O) groups is 1. The molecule has 1 heterocycles. The maximum Gasteiger partial charge on any atom is 0.146 e. The number of ketones is 1. The molecule has 3 N–H and O–H groups in total. The fourth-order valence-corrected chi connectivity index (χ4v) is 4.28. The van der Waals surface area contributed by atoms with E-state index >= 15 is 0 Å². The molecule has 132 valence electrons. The number of allylic oxidation sites excluding steroid dienone is 3. The van der Waals surface area contributed by atoms with Crippen LogP contribution in [0.5, 0.6) is 0 Å². The van der Waals surface area contributed by atoms with Gasteiger partial charge in [-0.1, -0.05) is 24.3 Å². The Bertz CT molecular complexity index is 732. The van der Waals surface area contributed by atoms with E-state index < -0.39 is 12.0 Å². The Morgan fingerprint density at radius 2 is 2.16 bits per heavy atom. The second kappa shape index (κ2) is 6.34. The highest BCUT2D eigenvalue weighted by atomic mass is 16.5. The van der Waals surface area contributed by atoms with Crippen LogP contribution in [-0.4, -0.2) is 23.6 Å². The highest BCUT2D eigenvalue weighted by molar-refractivity contribution is 5.84. The van der Waals surface area contributed by atoms with E-state index in [1.54, 1.807) is 0 Å². The zero-order valence-electron chi connectivity index (χ0n) is 14.4. The number of ether oxygens (including phenoxy) is 1. The van der Waals surface area contributed by atoms with Gasteiger partial charge < -0.3 is 15.6 Å². The largest absolute Gasteiger partial charge is 0.497 e. The van der Waals surface area contributed by atoms with Gasteiger partial charge in [0.1, 0.15) is 17.5 Å². The van der Waals surface area contributed by atoms with Gasteiger partial charge in [0.05, 0.1) is 12.7 Å². The molecule has 4 heteroatoms. The second-order valence-electron chi connectivity index (χ2n) is 7.65. The molecule has 2 aliphatic carbocycles. The summed E-state index contributed by atoms with van der Waals surface area (Å²) in [6.45, 7) is 0.467. The van der Waals surface area contributed by atoms with Crippen molar-refractivity contribution in [3.63, 3.8) is 0 Å². The molecule has 4 rings (SSSR count). The third-order valence-electron chi connectivity index (χ3n) is 5.90. The SMILES string of the molecule is Nc1cccc(C2(CC3COC4=CC=CCCC(=O)C4C3O)CC2)c1. The highest BCUT2D eigenvalue weighted by Crippen LogP contribution is 2.54. The number of fused-ring (bicyclic) bond motifs is 1. The molecule has 0 bridgehead atoms. The molecule has 4 nitrogen and oxygen atoms in total. The molecule has 0 radical (unpaired) electrons. The van der Waals surface area contributed by atoms with E-state index in [0.717, 1.165) is 31.4 Å². The summed E-state index contributed by atoms with van der Waals surface area (Å²) in [6.07, 6.45) is 9.30. The number of nitrogens with two attached hydrogens (primary N) is 1. The molecular weight excluding hydrogens is 314 g/mol. The van der Waals surface area contributed by atoms with Gasteiger partial charge in [0.15, 0.2) is 0 Å². The highest BCUT2D eigenvalue weighted by Gasteiger charge is 2.50. The molecule has 0 amide bonds. The number of anilines is 1. The minimum absolute atomic E-state index is 0.0292. The molecule has 1 saturated heterocycles. The lowest BCUT2D eigenvalue weighted by Crippen LogP contribution is -2.44. The summed E-state index contributed by atoms with van der Waals surface area (Å²) in [5, 5.41) is 11.0. The molecule has 1 saturated carbocycles. The third-order valence-corrected chi connectivity index (χ3v) is 5.90. The number of hydrogen-bond donors (Lipinski definition) is 2. The Hall–Kier alpha value is -2.07. The van der Waals surface area contributed by atoms with Crippen LogP contribution in [-0.2, 0) is 14.9 Å². The predicted octanol–water partition coefficient (Wildman–Crippen LogP) is 3.12. The molecule has 2 fully saturated rings. The van der Waals surface area contributed by atoms with Crippen LogP contribution >= 0.6 is 0 Å². The number of aliphatic hydroxyl groups excluding tert-OH is 1. The second-order valence-corrected chi connectivity index (χ2v) is 7.65. The van der Waals surface area contributed by atoms with Gasteiger partial charge in [0.25, 0.3) is 0 Å². The maximum absolute atomic E-state index is 12.5. The third kappa shape index (κ3) is 3.11. The van der Waals surface area contributed by atoms with E-state index in [0.29, 0.717) is 18.8 Å². The van der Waals surface area contributed by atoms with Gasteiger partial charge in [-0.05, 0) is 54.9 Å². The fourth-order valence-electron chi connectivity index (χ4n) is 4.28. The van der Waals surface area contributed by atoms with Crippen LogP contribution in [0.25, 0.3) is 0 Å². The van der Waals surface area contributed by atoms with Crippen molar-refractivity contribution in [2.24, 2.45) is 11.8 Å². The predicted molar refractivity (Wildman–Crippen MR) is 96.8 cm³/mol. The summed E-state index contributed by atoms with van der Waals surface area (Å²) in [5.74, 6) is 0.166.